The van der Waals surface area contributed by atoms with E-state index in [2.05, 4.69) is 17.1 Å². The number of carbonyl (C=O) groups is 1. The summed E-state index contributed by atoms with van der Waals surface area (Å²) in [5.41, 5.74) is 2.29. The second-order valence-corrected chi connectivity index (χ2v) is 5.17. The minimum atomic E-state index is 0.212. The molecule has 18 heavy (non-hydrogen) atoms. The number of nitrogens with one attached hydrogen (secondary N) is 1. The largest absolute Gasteiger partial charge is 0.361 e. The molecule has 1 saturated heterocycles. The topological polar surface area (TPSA) is 36.1 Å². The number of halogens is 1. The highest BCUT2D eigenvalue weighted by Crippen LogP contribution is 2.24. The van der Waals surface area contributed by atoms with Gasteiger partial charge in [0, 0.05) is 31.6 Å². The van der Waals surface area contributed by atoms with Crippen molar-refractivity contribution in [2.45, 2.75) is 13.0 Å². The van der Waals surface area contributed by atoms with Crippen molar-refractivity contribution < 1.29 is 4.79 Å². The molecule has 1 N–H and O–H groups in total. The molecule has 1 unspecified atom stereocenters. The van der Waals surface area contributed by atoms with Crippen molar-refractivity contribution in [2.75, 3.05) is 12.4 Å². The van der Waals surface area contributed by atoms with Crippen LogP contribution < -0.4 is 0 Å². The van der Waals surface area contributed by atoms with Crippen molar-refractivity contribution in [3.63, 3.8) is 0 Å². The Labute approximate surface area is 111 Å². The monoisotopic (exact) mass is 262 g/mol. The Bertz CT molecular complexity index is 578. The number of carbonyl (C=O) groups excluding carboxylic acids is 1. The van der Waals surface area contributed by atoms with Gasteiger partial charge >= 0.3 is 0 Å². The molecule has 94 valence electrons. The number of para-hydroxylation sites is 1. The van der Waals surface area contributed by atoms with E-state index in [0.29, 0.717) is 24.8 Å². The van der Waals surface area contributed by atoms with Crippen LogP contribution in [0.5, 0.6) is 0 Å². The van der Waals surface area contributed by atoms with Gasteiger partial charge in [0.15, 0.2) is 0 Å². The second-order valence-electron chi connectivity index (χ2n) is 4.86. The lowest BCUT2D eigenvalue weighted by molar-refractivity contribution is -0.128. The highest BCUT2D eigenvalue weighted by atomic mass is 35.5. The first-order chi connectivity index (χ1) is 8.78. The van der Waals surface area contributed by atoms with Crippen molar-refractivity contribution in [3.05, 3.63) is 36.0 Å². The molecular formula is C14H15ClN2O. The van der Waals surface area contributed by atoms with Crippen LogP contribution in [0.3, 0.4) is 0 Å². The van der Waals surface area contributed by atoms with E-state index in [4.69, 9.17) is 11.6 Å². The number of H-pyrrole nitrogens is 1. The average Bonchev–Trinajstić information content (AvgIpc) is 2.97. The molecule has 1 atom stereocenters. The van der Waals surface area contributed by atoms with Gasteiger partial charge in [-0.2, -0.15) is 0 Å². The fraction of sp³-hybridized carbons (Fsp3) is 0.357. The fourth-order valence-electron chi connectivity index (χ4n) is 2.60. The molecule has 1 aliphatic rings. The van der Waals surface area contributed by atoms with Gasteiger partial charge in [-0.1, -0.05) is 18.2 Å². The van der Waals surface area contributed by atoms with Crippen LogP contribution in [-0.4, -0.2) is 28.2 Å². The number of rotatable bonds is 3. The maximum absolute atomic E-state index is 11.9. The first kappa shape index (κ1) is 11.6. The van der Waals surface area contributed by atoms with Crippen molar-refractivity contribution >= 4 is 28.4 Å². The van der Waals surface area contributed by atoms with Crippen LogP contribution in [0.25, 0.3) is 10.9 Å². The predicted octanol–water partition coefficient (Wildman–Crippen LogP) is 2.76. The number of nitrogens with zero attached hydrogens (tertiary/aromatic N) is 1. The lowest BCUT2D eigenvalue weighted by atomic mass is 10.1. The lowest BCUT2D eigenvalue weighted by Gasteiger charge is -2.16. The molecule has 1 fully saturated rings. The third kappa shape index (κ3) is 1.99. The maximum Gasteiger partial charge on any atom is 0.223 e. The van der Waals surface area contributed by atoms with Gasteiger partial charge < -0.3 is 9.88 Å². The van der Waals surface area contributed by atoms with Gasteiger partial charge in [0.2, 0.25) is 5.91 Å². The fourth-order valence-corrected chi connectivity index (χ4v) is 2.80. The van der Waals surface area contributed by atoms with Crippen molar-refractivity contribution in [2.24, 2.45) is 5.92 Å². The highest BCUT2D eigenvalue weighted by molar-refractivity contribution is 6.18. The van der Waals surface area contributed by atoms with Gasteiger partial charge in [0.1, 0.15) is 0 Å². The summed E-state index contributed by atoms with van der Waals surface area (Å²) < 4.78 is 0. The first-order valence-corrected chi connectivity index (χ1v) is 6.70. The number of aromatic nitrogens is 1. The molecular weight excluding hydrogens is 248 g/mol. The van der Waals surface area contributed by atoms with E-state index < -0.39 is 0 Å². The number of amides is 1. The summed E-state index contributed by atoms with van der Waals surface area (Å²) in [6, 6.07) is 8.22. The van der Waals surface area contributed by atoms with Crippen molar-refractivity contribution in [3.8, 4) is 0 Å². The van der Waals surface area contributed by atoms with Gasteiger partial charge in [0.25, 0.3) is 0 Å². The van der Waals surface area contributed by atoms with Crippen LogP contribution in [0.2, 0.25) is 0 Å². The Hall–Kier alpha value is -1.48. The molecule has 0 bridgehead atoms. The van der Waals surface area contributed by atoms with E-state index in [9.17, 15) is 4.79 Å². The summed E-state index contributed by atoms with van der Waals surface area (Å²) in [5.74, 6) is 1.08. The van der Waals surface area contributed by atoms with E-state index in [0.717, 1.165) is 12.1 Å². The SMILES string of the molecule is O=C1CC(CCl)CN1Cc1cccc2cc[nH]c12. The molecule has 1 aromatic carbocycles. The number of alkyl halides is 1. The molecule has 0 saturated carbocycles. The first-order valence-electron chi connectivity index (χ1n) is 6.16. The second kappa shape index (κ2) is 4.65. The van der Waals surface area contributed by atoms with E-state index in [1.54, 1.807) is 0 Å². The number of hydrogen-bond donors (Lipinski definition) is 1. The molecule has 3 rings (SSSR count). The van der Waals surface area contributed by atoms with Crippen molar-refractivity contribution in [1.29, 1.82) is 0 Å². The molecule has 2 heterocycles. The van der Waals surface area contributed by atoms with Crippen LogP contribution >= 0.6 is 11.6 Å². The molecule has 1 aromatic heterocycles. The molecule has 3 nitrogen and oxygen atoms in total. The standard InChI is InChI=1S/C14H15ClN2O/c15-7-10-6-13(18)17(8-10)9-12-3-1-2-11-4-5-16-14(11)12/h1-5,10,16H,6-9H2. The number of benzene rings is 1. The van der Waals surface area contributed by atoms with Crippen LogP contribution in [0.15, 0.2) is 30.5 Å². The molecule has 4 heteroatoms. The quantitative estimate of drug-likeness (QED) is 0.849. The number of fused-ring (bicyclic) bond motifs is 1. The van der Waals surface area contributed by atoms with E-state index in [-0.39, 0.29) is 5.91 Å². The lowest BCUT2D eigenvalue weighted by Crippen LogP contribution is -2.24. The molecule has 1 amide bonds. The zero-order valence-corrected chi connectivity index (χ0v) is 10.8. The van der Waals surface area contributed by atoms with Crippen LogP contribution in [0, 0.1) is 5.92 Å². The van der Waals surface area contributed by atoms with Gasteiger partial charge in [-0.25, -0.2) is 0 Å². The Morgan fingerprint density at radius 3 is 3.06 bits per heavy atom. The minimum Gasteiger partial charge on any atom is -0.361 e. The third-order valence-electron chi connectivity index (χ3n) is 3.55. The summed E-state index contributed by atoms with van der Waals surface area (Å²) >= 11 is 5.83. The van der Waals surface area contributed by atoms with Crippen LogP contribution in [0.4, 0.5) is 0 Å². The molecule has 0 spiro atoms. The highest BCUT2D eigenvalue weighted by Gasteiger charge is 2.29. The smallest absolute Gasteiger partial charge is 0.223 e. The molecule has 0 radical (unpaired) electrons. The van der Waals surface area contributed by atoms with E-state index in [1.165, 1.54) is 10.9 Å². The number of aromatic amines is 1. The predicted molar refractivity (Wildman–Crippen MR) is 72.5 cm³/mol. The van der Waals surface area contributed by atoms with Gasteiger partial charge in [-0.05, 0) is 22.9 Å². The molecule has 0 aliphatic carbocycles. The van der Waals surface area contributed by atoms with Gasteiger partial charge in [-0.15, -0.1) is 11.6 Å². The Morgan fingerprint density at radius 2 is 2.28 bits per heavy atom. The van der Waals surface area contributed by atoms with Crippen molar-refractivity contribution in [1.82, 2.24) is 9.88 Å². The number of likely N-dealkylation sites (tertiary alicyclic amines) is 1. The Morgan fingerprint density at radius 1 is 1.39 bits per heavy atom. The van der Waals surface area contributed by atoms with Gasteiger partial charge in [0.05, 0.1) is 5.52 Å². The van der Waals surface area contributed by atoms with E-state index in [1.807, 2.05) is 23.2 Å². The molecule has 1 aliphatic heterocycles. The molecule has 2 aromatic rings. The normalized spacial score (nSPS) is 19.9. The Kier molecular flexibility index (Phi) is 3.00. The number of hydrogen-bond acceptors (Lipinski definition) is 1. The summed E-state index contributed by atoms with van der Waals surface area (Å²) in [6.45, 7) is 1.45. The van der Waals surface area contributed by atoms with Crippen LogP contribution in [-0.2, 0) is 11.3 Å². The summed E-state index contributed by atoms with van der Waals surface area (Å²) in [4.78, 5) is 17.0. The van der Waals surface area contributed by atoms with Crippen LogP contribution in [0.1, 0.15) is 12.0 Å². The third-order valence-corrected chi connectivity index (χ3v) is 3.98. The summed E-state index contributed by atoms with van der Waals surface area (Å²) in [7, 11) is 0. The zero-order chi connectivity index (χ0) is 12.5. The minimum absolute atomic E-state index is 0.212. The average molecular weight is 263 g/mol. The Balaban J connectivity index is 1.84. The van der Waals surface area contributed by atoms with Gasteiger partial charge in [-0.3, -0.25) is 4.79 Å². The van der Waals surface area contributed by atoms with E-state index >= 15 is 0 Å². The summed E-state index contributed by atoms with van der Waals surface area (Å²) in [5, 5.41) is 1.19. The summed E-state index contributed by atoms with van der Waals surface area (Å²) in [6.07, 6.45) is 2.52. The maximum atomic E-state index is 11.9. The zero-order valence-electron chi connectivity index (χ0n) is 10.0.